The molecule has 1 N–H and O–H groups in total. The summed E-state index contributed by atoms with van der Waals surface area (Å²) in [6.07, 6.45) is 2.94. The third kappa shape index (κ3) is 2.95. The maximum Gasteiger partial charge on any atom is 0.238 e. The molecule has 0 spiro atoms. The van der Waals surface area contributed by atoms with Gasteiger partial charge in [-0.05, 0) is 42.0 Å². The molecule has 1 aromatic heterocycles. The maximum absolute atomic E-state index is 8.37. The second-order valence-corrected chi connectivity index (χ2v) is 3.61. The van der Waals surface area contributed by atoms with Gasteiger partial charge in [0.25, 0.3) is 0 Å². The lowest BCUT2D eigenvalue weighted by atomic mass is 10.2. The molecule has 1 heterocycles. The Morgan fingerprint density at radius 2 is 2.00 bits per heavy atom. The minimum atomic E-state index is 0.359. The highest BCUT2D eigenvalue weighted by Gasteiger charge is 2.03. The molecule has 2 rings (SSSR count). The Balaban J connectivity index is 2.17. The summed E-state index contributed by atoms with van der Waals surface area (Å²) >= 11 is 5.91. The van der Waals surface area contributed by atoms with Crippen molar-refractivity contribution in [2.45, 2.75) is 0 Å². The Bertz CT molecular complexity index is 526. The fourth-order valence-electron chi connectivity index (χ4n) is 1.25. The Morgan fingerprint density at radius 1 is 1.24 bits per heavy atom. The van der Waals surface area contributed by atoms with Gasteiger partial charge in [-0.25, -0.2) is 4.98 Å². The van der Waals surface area contributed by atoms with Crippen molar-refractivity contribution in [1.29, 1.82) is 0 Å². The van der Waals surface area contributed by atoms with Gasteiger partial charge in [0.1, 0.15) is 10.8 Å². The van der Waals surface area contributed by atoms with E-state index in [0.29, 0.717) is 16.7 Å². The standard InChI is InChI=1S/C12H9ClN2O2/c13-11-2-1-7-14-12(11)17-10-5-3-9(4-6-10)8-15-16/h1-8,16H/b15-8+. The molecule has 0 aliphatic heterocycles. The largest absolute Gasteiger partial charge is 0.438 e. The van der Waals surface area contributed by atoms with Crippen LogP contribution in [0.25, 0.3) is 0 Å². The summed E-state index contributed by atoms with van der Waals surface area (Å²) in [7, 11) is 0. The number of hydrogen-bond donors (Lipinski definition) is 1. The monoisotopic (exact) mass is 248 g/mol. The zero-order chi connectivity index (χ0) is 12.1. The molecule has 4 nitrogen and oxygen atoms in total. The first-order chi connectivity index (χ1) is 8.29. The van der Waals surface area contributed by atoms with Crippen LogP contribution in [0.4, 0.5) is 0 Å². The molecule has 5 heteroatoms. The smallest absolute Gasteiger partial charge is 0.238 e. The van der Waals surface area contributed by atoms with Gasteiger partial charge < -0.3 is 9.94 Å². The van der Waals surface area contributed by atoms with Crippen LogP contribution in [0.15, 0.2) is 47.8 Å². The number of pyridine rings is 1. The van der Waals surface area contributed by atoms with Crippen LogP contribution in [0.3, 0.4) is 0 Å². The molecule has 2 aromatic rings. The van der Waals surface area contributed by atoms with E-state index in [0.717, 1.165) is 5.56 Å². The van der Waals surface area contributed by atoms with Crippen LogP contribution in [0.5, 0.6) is 11.6 Å². The fraction of sp³-hybridized carbons (Fsp3) is 0. The number of nitrogens with zero attached hydrogens (tertiary/aromatic N) is 2. The summed E-state index contributed by atoms with van der Waals surface area (Å²) in [4.78, 5) is 4.01. The van der Waals surface area contributed by atoms with Crippen LogP contribution in [0.1, 0.15) is 5.56 Å². The lowest BCUT2D eigenvalue weighted by molar-refractivity contribution is 0.322. The number of halogens is 1. The first kappa shape index (κ1) is 11.4. The van der Waals surface area contributed by atoms with Crippen molar-refractivity contribution in [1.82, 2.24) is 4.98 Å². The van der Waals surface area contributed by atoms with Gasteiger partial charge in [0.15, 0.2) is 0 Å². The second kappa shape index (κ2) is 5.32. The average molecular weight is 249 g/mol. The van der Waals surface area contributed by atoms with Gasteiger partial charge in [0.2, 0.25) is 5.88 Å². The molecule has 0 fully saturated rings. The summed E-state index contributed by atoms with van der Waals surface area (Å²) < 4.78 is 5.49. The molecule has 0 saturated carbocycles. The van der Waals surface area contributed by atoms with Crippen LogP contribution >= 0.6 is 11.6 Å². The Hall–Kier alpha value is -2.07. The molecule has 0 bridgehead atoms. The van der Waals surface area contributed by atoms with Crippen LogP contribution < -0.4 is 4.74 Å². The van der Waals surface area contributed by atoms with Gasteiger partial charge >= 0.3 is 0 Å². The van der Waals surface area contributed by atoms with Crippen molar-refractivity contribution in [3.8, 4) is 11.6 Å². The van der Waals surface area contributed by atoms with Crippen LogP contribution in [-0.4, -0.2) is 16.4 Å². The molecule has 17 heavy (non-hydrogen) atoms. The number of hydrogen-bond acceptors (Lipinski definition) is 4. The van der Waals surface area contributed by atoms with E-state index in [2.05, 4.69) is 10.1 Å². The molecule has 1 aromatic carbocycles. The molecule has 0 amide bonds. The van der Waals surface area contributed by atoms with Gasteiger partial charge in [-0.15, -0.1) is 0 Å². The predicted octanol–water partition coefficient (Wildman–Crippen LogP) is 3.34. The fourth-order valence-corrected chi connectivity index (χ4v) is 1.41. The first-order valence-electron chi connectivity index (χ1n) is 4.85. The predicted molar refractivity (Wildman–Crippen MR) is 65.1 cm³/mol. The van der Waals surface area contributed by atoms with Crippen LogP contribution in [0.2, 0.25) is 5.02 Å². The normalized spacial score (nSPS) is 10.6. The number of rotatable bonds is 3. The maximum atomic E-state index is 8.37. The molecule has 0 aliphatic carbocycles. The third-order valence-electron chi connectivity index (χ3n) is 2.03. The zero-order valence-corrected chi connectivity index (χ0v) is 9.50. The van der Waals surface area contributed by atoms with E-state index in [-0.39, 0.29) is 0 Å². The highest BCUT2D eigenvalue weighted by molar-refractivity contribution is 6.31. The molecule has 86 valence electrons. The van der Waals surface area contributed by atoms with Crippen molar-refractivity contribution < 1.29 is 9.94 Å². The lowest BCUT2D eigenvalue weighted by Gasteiger charge is -2.05. The van der Waals surface area contributed by atoms with Crippen molar-refractivity contribution in [2.24, 2.45) is 5.16 Å². The molecule has 0 atom stereocenters. The minimum absolute atomic E-state index is 0.359. The van der Waals surface area contributed by atoms with Crippen molar-refractivity contribution >= 4 is 17.8 Å². The van der Waals surface area contributed by atoms with E-state index in [4.69, 9.17) is 21.5 Å². The third-order valence-corrected chi connectivity index (χ3v) is 2.31. The van der Waals surface area contributed by atoms with Gasteiger partial charge in [0, 0.05) is 6.20 Å². The number of ether oxygens (including phenoxy) is 1. The molecular weight excluding hydrogens is 240 g/mol. The molecular formula is C12H9ClN2O2. The highest BCUT2D eigenvalue weighted by atomic mass is 35.5. The second-order valence-electron chi connectivity index (χ2n) is 3.21. The van der Waals surface area contributed by atoms with E-state index >= 15 is 0 Å². The summed E-state index contributed by atoms with van der Waals surface area (Å²) in [6, 6.07) is 10.4. The van der Waals surface area contributed by atoms with E-state index < -0.39 is 0 Å². The lowest BCUT2D eigenvalue weighted by Crippen LogP contribution is -1.89. The molecule has 0 aliphatic rings. The van der Waals surface area contributed by atoms with E-state index in [1.54, 1.807) is 42.6 Å². The van der Waals surface area contributed by atoms with E-state index in [9.17, 15) is 0 Å². The summed E-state index contributed by atoms with van der Waals surface area (Å²) in [5.41, 5.74) is 0.770. The minimum Gasteiger partial charge on any atom is -0.438 e. The Kier molecular flexibility index (Phi) is 3.57. The molecule has 0 radical (unpaired) electrons. The summed E-state index contributed by atoms with van der Waals surface area (Å²) in [5, 5.41) is 11.8. The van der Waals surface area contributed by atoms with Crippen molar-refractivity contribution in [2.75, 3.05) is 0 Å². The summed E-state index contributed by atoms with van der Waals surface area (Å²) in [5.74, 6) is 0.971. The van der Waals surface area contributed by atoms with Gasteiger partial charge in [-0.3, -0.25) is 0 Å². The number of benzene rings is 1. The van der Waals surface area contributed by atoms with E-state index in [1.165, 1.54) is 6.21 Å². The average Bonchev–Trinajstić information content (AvgIpc) is 2.35. The first-order valence-corrected chi connectivity index (χ1v) is 5.23. The van der Waals surface area contributed by atoms with E-state index in [1.807, 2.05) is 0 Å². The Morgan fingerprint density at radius 3 is 2.65 bits per heavy atom. The topological polar surface area (TPSA) is 54.7 Å². The van der Waals surface area contributed by atoms with Gasteiger partial charge in [-0.2, -0.15) is 0 Å². The van der Waals surface area contributed by atoms with Crippen molar-refractivity contribution in [3.63, 3.8) is 0 Å². The molecule has 0 unspecified atom stereocenters. The number of oxime groups is 1. The van der Waals surface area contributed by atoms with Crippen LogP contribution in [-0.2, 0) is 0 Å². The highest BCUT2D eigenvalue weighted by Crippen LogP contribution is 2.26. The SMILES string of the molecule is O/N=C/c1ccc(Oc2ncccc2Cl)cc1. The Labute approximate surface area is 103 Å². The number of aromatic nitrogens is 1. The van der Waals surface area contributed by atoms with Gasteiger partial charge in [-0.1, -0.05) is 16.8 Å². The molecule has 0 saturated heterocycles. The quantitative estimate of drug-likeness (QED) is 0.515. The van der Waals surface area contributed by atoms with Gasteiger partial charge in [0.05, 0.1) is 6.21 Å². The zero-order valence-electron chi connectivity index (χ0n) is 8.75. The summed E-state index contributed by atoms with van der Waals surface area (Å²) in [6.45, 7) is 0. The van der Waals surface area contributed by atoms with Crippen molar-refractivity contribution in [3.05, 3.63) is 53.2 Å². The van der Waals surface area contributed by atoms with Crippen LogP contribution in [0, 0.1) is 0 Å².